The molecule has 150 valence electrons. The Labute approximate surface area is 171 Å². The van der Waals surface area contributed by atoms with Crippen molar-refractivity contribution in [2.75, 3.05) is 25.5 Å². The maximum atomic E-state index is 11.0. The zero-order chi connectivity index (χ0) is 20.4. The van der Waals surface area contributed by atoms with Gasteiger partial charge in [0.25, 0.3) is 0 Å². The summed E-state index contributed by atoms with van der Waals surface area (Å²) in [6, 6.07) is 15.1. The van der Waals surface area contributed by atoms with Gasteiger partial charge in [-0.05, 0) is 55.3 Å². The lowest BCUT2D eigenvalue weighted by molar-refractivity contribution is -0.114. The Balaban J connectivity index is 1.70. The Morgan fingerprint density at radius 3 is 2.39 bits per heavy atom. The molecule has 0 fully saturated rings. The maximum absolute atomic E-state index is 11.0. The first-order valence-corrected chi connectivity index (χ1v) is 9.57. The van der Waals surface area contributed by atoms with Gasteiger partial charge in [0.1, 0.15) is 11.9 Å². The van der Waals surface area contributed by atoms with E-state index in [1.54, 1.807) is 19.2 Å². The second kappa shape index (κ2) is 11.2. The van der Waals surface area contributed by atoms with Crippen LogP contribution in [0.25, 0.3) is 0 Å². The molecule has 1 amide bonds. The molecule has 6 nitrogen and oxygen atoms in total. The average molecular weight is 403 g/mol. The number of rotatable bonds is 8. The third-order valence-corrected chi connectivity index (χ3v) is 4.16. The van der Waals surface area contributed by atoms with Crippen LogP contribution in [0.4, 0.5) is 5.69 Å². The Morgan fingerprint density at radius 1 is 1.11 bits per heavy atom. The predicted molar refractivity (Wildman–Crippen MR) is 115 cm³/mol. The Kier molecular flexibility index (Phi) is 8.62. The molecule has 3 N–H and O–H groups in total. The molecule has 0 saturated heterocycles. The van der Waals surface area contributed by atoms with Crippen molar-refractivity contribution < 1.29 is 9.53 Å². The number of nitrogens with zero attached hydrogens (tertiary/aromatic N) is 1. The number of anilines is 1. The molecule has 2 rings (SSSR count). The Bertz CT molecular complexity index is 776. The number of nitrogens with one attached hydrogen (secondary N) is 3. The largest absolute Gasteiger partial charge is 0.489 e. The highest BCUT2D eigenvalue weighted by molar-refractivity contribution is 6.30. The van der Waals surface area contributed by atoms with E-state index in [2.05, 4.69) is 20.9 Å². The van der Waals surface area contributed by atoms with E-state index in [0.717, 1.165) is 30.4 Å². The molecule has 0 bridgehead atoms. The van der Waals surface area contributed by atoms with Crippen LogP contribution in [0.1, 0.15) is 19.4 Å². The lowest BCUT2D eigenvalue weighted by atomic mass is 10.1. The third-order valence-electron chi connectivity index (χ3n) is 3.91. The van der Waals surface area contributed by atoms with E-state index in [9.17, 15) is 4.79 Å². The number of hydrogen-bond donors (Lipinski definition) is 3. The Morgan fingerprint density at radius 2 is 1.79 bits per heavy atom. The first-order chi connectivity index (χ1) is 13.5. The number of carbonyl (C=O) groups is 1. The van der Waals surface area contributed by atoms with Crippen LogP contribution in [-0.4, -0.2) is 38.1 Å². The fraction of sp³-hybridized carbons (Fsp3) is 0.333. The molecule has 2 aromatic rings. The molecule has 28 heavy (non-hydrogen) atoms. The molecule has 1 atom stereocenters. The van der Waals surface area contributed by atoms with E-state index in [1.165, 1.54) is 12.5 Å². The zero-order valence-electron chi connectivity index (χ0n) is 16.5. The number of halogens is 1. The second-order valence-corrected chi connectivity index (χ2v) is 6.83. The fourth-order valence-electron chi connectivity index (χ4n) is 2.53. The summed E-state index contributed by atoms with van der Waals surface area (Å²) in [6.07, 6.45) is 0.818. The van der Waals surface area contributed by atoms with Crippen LogP contribution in [0.5, 0.6) is 5.75 Å². The molecule has 0 aliphatic rings. The van der Waals surface area contributed by atoms with Crippen molar-refractivity contribution in [3.63, 3.8) is 0 Å². The van der Waals surface area contributed by atoms with Crippen molar-refractivity contribution in [2.45, 2.75) is 26.4 Å². The minimum Gasteiger partial charge on any atom is -0.489 e. The number of hydrogen-bond acceptors (Lipinski definition) is 3. The molecule has 0 aromatic heterocycles. The molecular weight excluding hydrogens is 376 g/mol. The first kappa shape index (κ1) is 21.6. The molecule has 0 heterocycles. The third kappa shape index (κ3) is 7.88. The van der Waals surface area contributed by atoms with Crippen LogP contribution >= 0.6 is 11.6 Å². The minimum atomic E-state index is -0.0708. The van der Waals surface area contributed by atoms with Crippen molar-refractivity contribution in [1.29, 1.82) is 0 Å². The summed E-state index contributed by atoms with van der Waals surface area (Å²) >= 11 is 5.88. The van der Waals surface area contributed by atoms with Crippen molar-refractivity contribution in [2.24, 2.45) is 4.99 Å². The summed E-state index contributed by atoms with van der Waals surface area (Å²) in [4.78, 5) is 15.3. The van der Waals surface area contributed by atoms with Gasteiger partial charge >= 0.3 is 0 Å². The van der Waals surface area contributed by atoms with Gasteiger partial charge < -0.3 is 20.7 Å². The molecular formula is C21H27ClN4O2. The van der Waals surface area contributed by atoms with Gasteiger partial charge in [0.15, 0.2) is 5.96 Å². The summed E-state index contributed by atoms with van der Waals surface area (Å²) in [6.45, 7) is 4.85. The highest BCUT2D eigenvalue weighted by Crippen LogP contribution is 2.16. The topological polar surface area (TPSA) is 74.8 Å². The number of benzene rings is 2. The summed E-state index contributed by atoms with van der Waals surface area (Å²) < 4.78 is 5.84. The average Bonchev–Trinajstić information content (AvgIpc) is 2.67. The quantitative estimate of drug-likeness (QED) is 0.467. The lowest BCUT2D eigenvalue weighted by Gasteiger charge is -2.18. The minimum absolute atomic E-state index is 0.0268. The highest BCUT2D eigenvalue weighted by Gasteiger charge is 2.06. The van der Waals surface area contributed by atoms with Gasteiger partial charge in [-0.15, -0.1) is 0 Å². The standard InChI is InChI=1S/C21H27ClN4O2/c1-15(28-20-10-6-18(22)7-11-20)14-25-21(23-3)24-13-12-17-4-8-19(9-5-17)26-16(2)27/h4-11,15H,12-14H2,1-3H3,(H,26,27)(H2,23,24,25). The normalized spacial score (nSPS) is 12.2. The predicted octanol–water partition coefficient (Wildman–Crippen LogP) is 3.47. The van der Waals surface area contributed by atoms with E-state index in [4.69, 9.17) is 16.3 Å². The summed E-state index contributed by atoms with van der Waals surface area (Å²) in [5, 5.41) is 9.99. The van der Waals surface area contributed by atoms with Crippen molar-refractivity contribution in [1.82, 2.24) is 10.6 Å². The molecule has 2 aromatic carbocycles. The summed E-state index contributed by atoms with van der Waals surface area (Å²) in [7, 11) is 1.74. The SMILES string of the molecule is CN=C(NCCc1ccc(NC(C)=O)cc1)NCC(C)Oc1ccc(Cl)cc1. The number of aliphatic imine (C=N–C) groups is 1. The van der Waals surface area contributed by atoms with Crippen LogP contribution in [0.15, 0.2) is 53.5 Å². The van der Waals surface area contributed by atoms with Gasteiger partial charge in [-0.25, -0.2) is 0 Å². The molecule has 0 aliphatic heterocycles. The monoisotopic (exact) mass is 402 g/mol. The van der Waals surface area contributed by atoms with Crippen molar-refractivity contribution in [3.8, 4) is 5.75 Å². The van der Waals surface area contributed by atoms with Gasteiger partial charge in [0.2, 0.25) is 5.91 Å². The fourth-order valence-corrected chi connectivity index (χ4v) is 2.66. The molecule has 0 saturated carbocycles. The van der Waals surface area contributed by atoms with Crippen LogP contribution in [0.3, 0.4) is 0 Å². The van der Waals surface area contributed by atoms with Crippen LogP contribution < -0.4 is 20.7 Å². The maximum Gasteiger partial charge on any atom is 0.221 e. The van der Waals surface area contributed by atoms with Crippen LogP contribution in [0.2, 0.25) is 5.02 Å². The summed E-state index contributed by atoms with van der Waals surface area (Å²) in [5.74, 6) is 1.43. The van der Waals surface area contributed by atoms with E-state index in [0.29, 0.717) is 11.6 Å². The lowest BCUT2D eigenvalue weighted by Crippen LogP contribution is -2.42. The van der Waals surface area contributed by atoms with Gasteiger partial charge in [-0.2, -0.15) is 0 Å². The number of amides is 1. The molecule has 0 spiro atoms. The van der Waals surface area contributed by atoms with Gasteiger partial charge in [-0.1, -0.05) is 23.7 Å². The number of ether oxygens (including phenoxy) is 1. The van der Waals surface area contributed by atoms with Crippen LogP contribution in [0, 0.1) is 0 Å². The first-order valence-electron chi connectivity index (χ1n) is 9.19. The zero-order valence-corrected chi connectivity index (χ0v) is 17.2. The van der Waals surface area contributed by atoms with Crippen molar-refractivity contribution >= 4 is 29.2 Å². The van der Waals surface area contributed by atoms with Gasteiger partial charge in [0.05, 0.1) is 6.54 Å². The molecule has 1 unspecified atom stereocenters. The van der Waals surface area contributed by atoms with Crippen molar-refractivity contribution in [3.05, 3.63) is 59.1 Å². The van der Waals surface area contributed by atoms with Gasteiger partial charge in [-0.3, -0.25) is 9.79 Å². The highest BCUT2D eigenvalue weighted by atomic mass is 35.5. The van der Waals surface area contributed by atoms with Gasteiger partial charge in [0, 0.05) is 31.2 Å². The molecule has 0 aliphatic carbocycles. The van der Waals surface area contributed by atoms with Crippen LogP contribution in [-0.2, 0) is 11.2 Å². The smallest absolute Gasteiger partial charge is 0.221 e. The molecule has 7 heteroatoms. The van der Waals surface area contributed by atoms with E-state index >= 15 is 0 Å². The number of carbonyl (C=O) groups excluding carboxylic acids is 1. The molecule has 0 radical (unpaired) electrons. The number of guanidine groups is 1. The van der Waals surface area contributed by atoms with E-state index < -0.39 is 0 Å². The van der Waals surface area contributed by atoms with E-state index in [1.807, 2.05) is 43.3 Å². The Hall–Kier alpha value is -2.73. The summed E-state index contributed by atoms with van der Waals surface area (Å²) in [5.41, 5.74) is 1.98. The second-order valence-electron chi connectivity index (χ2n) is 6.39. The van der Waals surface area contributed by atoms with E-state index in [-0.39, 0.29) is 12.0 Å².